The number of nitrogens with one attached hydrogen (secondary N) is 2. The van der Waals surface area contributed by atoms with Crippen LogP contribution in [0.1, 0.15) is 51.0 Å². The number of hydrogen-bond acceptors (Lipinski definition) is 5. The van der Waals surface area contributed by atoms with Crippen molar-refractivity contribution in [3.05, 3.63) is 35.9 Å². The molecule has 1 fully saturated rings. The van der Waals surface area contributed by atoms with Crippen LogP contribution in [0.3, 0.4) is 0 Å². The largest absolute Gasteiger partial charge is 0.343 e. The molecule has 1 saturated heterocycles. The van der Waals surface area contributed by atoms with Gasteiger partial charge in [0, 0.05) is 12.5 Å². The Balaban J connectivity index is 1.94. The highest BCUT2D eigenvalue weighted by Crippen LogP contribution is 2.22. The number of carbonyl (C=O) groups excluding carboxylic acids is 4. The summed E-state index contributed by atoms with van der Waals surface area (Å²) in [4.78, 5) is 49.1. The molecule has 9 nitrogen and oxygen atoms in total. The van der Waals surface area contributed by atoms with E-state index in [0.717, 1.165) is 29.7 Å². The first kappa shape index (κ1) is 23.3. The summed E-state index contributed by atoms with van der Waals surface area (Å²) in [7, 11) is 0. The van der Waals surface area contributed by atoms with E-state index in [1.54, 1.807) is 0 Å². The molecule has 0 aliphatic carbocycles. The van der Waals surface area contributed by atoms with E-state index in [4.69, 9.17) is 0 Å². The number of amides is 5. The quantitative estimate of drug-likeness (QED) is 0.232. The fourth-order valence-electron chi connectivity index (χ4n) is 3.59. The Morgan fingerprint density at radius 3 is 2.67 bits per heavy atom. The summed E-state index contributed by atoms with van der Waals surface area (Å²) < 4.78 is 0. The van der Waals surface area contributed by atoms with Crippen molar-refractivity contribution in [1.29, 1.82) is 0 Å². The van der Waals surface area contributed by atoms with Gasteiger partial charge in [0.1, 0.15) is 0 Å². The van der Waals surface area contributed by atoms with Crippen LogP contribution >= 0.6 is 0 Å². The molecule has 164 valence electrons. The molecule has 30 heavy (non-hydrogen) atoms. The first-order chi connectivity index (χ1) is 14.5. The number of hydrogen-bond donors (Lipinski definition) is 3. The van der Waals surface area contributed by atoms with Crippen LogP contribution in [0, 0.1) is 5.92 Å². The lowest BCUT2D eigenvalue weighted by atomic mass is 10.0. The van der Waals surface area contributed by atoms with E-state index < -0.39 is 17.9 Å². The number of rotatable bonds is 10. The van der Waals surface area contributed by atoms with Gasteiger partial charge in [0.25, 0.3) is 0 Å². The van der Waals surface area contributed by atoms with Gasteiger partial charge >= 0.3 is 6.03 Å². The van der Waals surface area contributed by atoms with Crippen molar-refractivity contribution in [1.82, 2.24) is 20.8 Å². The lowest BCUT2D eigenvalue weighted by Gasteiger charge is -2.24. The van der Waals surface area contributed by atoms with Crippen LogP contribution in [0.15, 0.2) is 30.3 Å². The molecule has 0 bridgehead atoms. The van der Waals surface area contributed by atoms with Gasteiger partial charge in [0.05, 0.1) is 12.5 Å². The summed E-state index contributed by atoms with van der Waals surface area (Å²) in [6, 6.07) is 8.62. The van der Waals surface area contributed by atoms with Crippen molar-refractivity contribution < 1.29 is 24.4 Å². The Kier molecular flexibility index (Phi) is 9.27. The standard InChI is InChI=1S/C21H30N4O5/c1-2-3-5-10-17(14-24(30)15-26)20(28)22-23-21(29)25-18(11-12-19(25)27)13-16-8-6-4-7-9-16/h4,6-9,15,17-18,30H,2-3,5,10-14H2,1H3,(H,22,28)(H,23,29)/t17-,18+/m1/s1. The number of hydrazine groups is 1. The summed E-state index contributed by atoms with van der Waals surface area (Å²) in [5.74, 6) is -1.49. The maximum Gasteiger partial charge on any atom is 0.343 e. The molecule has 0 aromatic heterocycles. The SMILES string of the molecule is CCCCC[C@H](CN(O)C=O)C(=O)NNC(=O)N1C(=O)CC[C@H]1Cc1ccccc1. The van der Waals surface area contributed by atoms with Gasteiger partial charge in [-0.05, 0) is 24.8 Å². The Hall–Kier alpha value is -2.94. The predicted molar refractivity (Wildman–Crippen MR) is 109 cm³/mol. The third-order valence-electron chi connectivity index (χ3n) is 5.21. The first-order valence-corrected chi connectivity index (χ1v) is 10.3. The van der Waals surface area contributed by atoms with Crippen LogP contribution in [0.25, 0.3) is 0 Å². The van der Waals surface area contributed by atoms with E-state index in [1.165, 1.54) is 0 Å². The van der Waals surface area contributed by atoms with E-state index in [1.807, 2.05) is 37.3 Å². The van der Waals surface area contributed by atoms with Gasteiger partial charge in [-0.2, -0.15) is 0 Å². The molecule has 1 aromatic rings. The van der Waals surface area contributed by atoms with E-state index >= 15 is 0 Å². The fraction of sp³-hybridized carbons (Fsp3) is 0.524. The molecular formula is C21H30N4O5. The zero-order valence-electron chi connectivity index (χ0n) is 17.3. The van der Waals surface area contributed by atoms with Gasteiger partial charge in [0.15, 0.2) is 0 Å². The van der Waals surface area contributed by atoms with Crippen LogP contribution in [0.4, 0.5) is 4.79 Å². The third-order valence-corrected chi connectivity index (χ3v) is 5.21. The average Bonchev–Trinajstić information content (AvgIpc) is 3.11. The van der Waals surface area contributed by atoms with Crippen molar-refractivity contribution in [3.8, 4) is 0 Å². The molecule has 0 unspecified atom stereocenters. The monoisotopic (exact) mass is 418 g/mol. The van der Waals surface area contributed by atoms with Gasteiger partial charge in [-0.3, -0.25) is 29.9 Å². The summed E-state index contributed by atoms with van der Waals surface area (Å²) in [6.45, 7) is 1.85. The highest BCUT2D eigenvalue weighted by atomic mass is 16.5. The van der Waals surface area contributed by atoms with Crippen LogP contribution < -0.4 is 10.9 Å². The molecule has 1 heterocycles. The fourth-order valence-corrected chi connectivity index (χ4v) is 3.59. The number of benzene rings is 1. The summed E-state index contributed by atoms with van der Waals surface area (Å²) in [6.07, 6.45) is 4.69. The van der Waals surface area contributed by atoms with Crippen LogP contribution in [-0.4, -0.2) is 52.0 Å². The molecule has 0 saturated carbocycles. The van der Waals surface area contributed by atoms with Crippen molar-refractivity contribution >= 4 is 24.3 Å². The maximum absolute atomic E-state index is 12.6. The predicted octanol–water partition coefficient (Wildman–Crippen LogP) is 2.01. The molecule has 0 radical (unpaired) electrons. The topological polar surface area (TPSA) is 119 Å². The molecule has 2 atom stereocenters. The zero-order chi connectivity index (χ0) is 21.9. The van der Waals surface area contributed by atoms with Crippen LogP contribution in [0.5, 0.6) is 0 Å². The number of urea groups is 1. The minimum Gasteiger partial charge on any atom is -0.286 e. The highest BCUT2D eigenvalue weighted by molar-refractivity contribution is 5.97. The molecule has 5 amide bonds. The van der Waals surface area contributed by atoms with E-state index in [0.29, 0.717) is 24.3 Å². The second kappa shape index (κ2) is 11.9. The Bertz CT molecular complexity index is 727. The van der Waals surface area contributed by atoms with Crippen molar-refractivity contribution in [2.24, 2.45) is 5.92 Å². The minimum atomic E-state index is -0.685. The van der Waals surface area contributed by atoms with Gasteiger partial charge < -0.3 is 0 Å². The van der Waals surface area contributed by atoms with Gasteiger partial charge in [-0.25, -0.2) is 15.3 Å². The summed E-state index contributed by atoms with van der Waals surface area (Å²) >= 11 is 0. The molecule has 1 aliphatic rings. The van der Waals surface area contributed by atoms with E-state index in [9.17, 15) is 24.4 Å². The molecule has 0 spiro atoms. The third kappa shape index (κ3) is 6.84. The van der Waals surface area contributed by atoms with Crippen molar-refractivity contribution in [2.75, 3.05) is 6.54 Å². The number of likely N-dealkylation sites (tertiary alicyclic amines) is 1. The molecule has 3 N–H and O–H groups in total. The summed E-state index contributed by atoms with van der Waals surface area (Å²) in [5.41, 5.74) is 5.67. The molecule has 9 heteroatoms. The molecular weight excluding hydrogens is 388 g/mol. The average molecular weight is 418 g/mol. The lowest BCUT2D eigenvalue weighted by Crippen LogP contribution is -2.53. The van der Waals surface area contributed by atoms with Gasteiger partial charge in [0.2, 0.25) is 18.2 Å². The van der Waals surface area contributed by atoms with Crippen molar-refractivity contribution in [3.63, 3.8) is 0 Å². The number of imide groups is 1. The van der Waals surface area contributed by atoms with Gasteiger partial charge in [-0.15, -0.1) is 0 Å². The van der Waals surface area contributed by atoms with E-state index in [2.05, 4.69) is 10.9 Å². The lowest BCUT2D eigenvalue weighted by molar-refractivity contribution is -0.154. The number of nitrogens with zero attached hydrogens (tertiary/aromatic N) is 2. The first-order valence-electron chi connectivity index (χ1n) is 10.3. The Labute approximate surface area is 176 Å². The van der Waals surface area contributed by atoms with E-state index in [-0.39, 0.29) is 31.3 Å². The second-order valence-corrected chi connectivity index (χ2v) is 7.49. The number of unbranched alkanes of at least 4 members (excludes halogenated alkanes) is 2. The normalized spacial score (nSPS) is 16.8. The van der Waals surface area contributed by atoms with Crippen LogP contribution in [-0.2, 0) is 20.8 Å². The van der Waals surface area contributed by atoms with Gasteiger partial charge in [-0.1, -0.05) is 56.5 Å². The molecule has 1 aromatic carbocycles. The Morgan fingerprint density at radius 2 is 2.00 bits per heavy atom. The summed E-state index contributed by atoms with van der Waals surface area (Å²) in [5, 5.41) is 9.85. The minimum absolute atomic E-state index is 0.172. The molecule has 2 rings (SSSR count). The Morgan fingerprint density at radius 1 is 1.27 bits per heavy atom. The maximum atomic E-state index is 12.6. The smallest absolute Gasteiger partial charge is 0.286 e. The van der Waals surface area contributed by atoms with Crippen LogP contribution in [0.2, 0.25) is 0 Å². The second-order valence-electron chi connectivity index (χ2n) is 7.49. The highest BCUT2D eigenvalue weighted by Gasteiger charge is 2.36. The zero-order valence-corrected chi connectivity index (χ0v) is 17.3. The van der Waals surface area contributed by atoms with Crippen molar-refractivity contribution in [2.45, 2.75) is 57.9 Å². The molecule has 1 aliphatic heterocycles. The number of hydroxylamine groups is 2. The number of carbonyl (C=O) groups is 4.